The summed E-state index contributed by atoms with van der Waals surface area (Å²) in [6.07, 6.45) is -4.53. The van der Waals surface area contributed by atoms with Crippen LogP contribution in [0, 0.1) is 13.8 Å². The van der Waals surface area contributed by atoms with Crippen LogP contribution in [0.1, 0.15) is 37.7 Å². The van der Waals surface area contributed by atoms with Gasteiger partial charge < -0.3 is 10.2 Å². The highest BCUT2D eigenvalue weighted by molar-refractivity contribution is 6.47. The summed E-state index contributed by atoms with van der Waals surface area (Å²) in [6, 6.07) is 10.6. The number of halogens is 3. The highest BCUT2D eigenvalue weighted by Gasteiger charge is 2.31. The summed E-state index contributed by atoms with van der Waals surface area (Å²) < 4.78 is 40.4. The summed E-state index contributed by atoms with van der Waals surface area (Å²) in [7, 11) is 3.18. The highest BCUT2D eigenvalue weighted by Crippen LogP contribution is 2.31. The first-order valence-corrected chi connectivity index (χ1v) is 9.81. The molecule has 0 saturated heterocycles. The van der Waals surface area contributed by atoms with Gasteiger partial charge in [0, 0.05) is 25.3 Å². The van der Waals surface area contributed by atoms with Crippen LogP contribution in [-0.2, 0) is 11.0 Å². The van der Waals surface area contributed by atoms with Gasteiger partial charge in [-0.05, 0) is 50.2 Å². The van der Waals surface area contributed by atoms with Crippen molar-refractivity contribution >= 4 is 23.3 Å². The largest absolute Gasteiger partial charge is 0.416 e. The van der Waals surface area contributed by atoms with Gasteiger partial charge in [0.2, 0.25) is 0 Å². The van der Waals surface area contributed by atoms with Crippen molar-refractivity contribution in [2.75, 3.05) is 19.4 Å². The molecule has 10 heteroatoms. The molecule has 2 aromatic carbocycles. The van der Waals surface area contributed by atoms with E-state index in [0.29, 0.717) is 5.56 Å². The van der Waals surface area contributed by atoms with Crippen LogP contribution in [-0.4, -0.2) is 46.4 Å². The zero-order chi connectivity index (χ0) is 24.5. The SMILES string of the molecule is Cc1nn(-c2cccc(C(F)(F)F)c2)c(C)c1C(=O)C(=O)Nc1cccc(C(=O)N(C)C)c1. The first-order chi connectivity index (χ1) is 15.4. The Bertz CT molecular complexity index is 1250. The van der Waals surface area contributed by atoms with Gasteiger partial charge in [-0.15, -0.1) is 0 Å². The standard InChI is InChI=1S/C23H21F3N4O3/c1-13-19(14(2)30(28-13)18-10-6-8-16(12-18)23(24,25)26)20(31)21(32)27-17-9-5-7-15(11-17)22(33)29(3)4/h5-12H,1-4H3,(H,27,32). The Morgan fingerprint density at radius 2 is 1.67 bits per heavy atom. The fourth-order valence-corrected chi connectivity index (χ4v) is 3.33. The molecule has 1 aromatic heterocycles. The summed E-state index contributed by atoms with van der Waals surface area (Å²) >= 11 is 0. The van der Waals surface area contributed by atoms with E-state index in [4.69, 9.17) is 0 Å². The summed E-state index contributed by atoms with van der Waals surface area (Å²) in [5.41, 5.74) is 0.247. The molecule has 0 aliphatic carbocycles. The van der Waals surface area contributed by atoms with Crippen molar-refractivity contribution in [3.63, 3.8) is 0 Å². The van der Waals surface area contributed by atoms with Gasteiger partial charge in [0.05, 0.1) is 28.2 Å². The average Bonchev–Trinajstić information content (AvgIpc) is 3.06. The summed E-state index contributed by atoms with van der Waals surface area (Å²) in [4.78, 5) is 39.0. The number of ketones is 1. The minimum Gasteiger partial charge on any atom is -0.345 e. The normalized spacial score (nSPS) is 11.2. The number of hydrogen-bond acceptors (Lipinski definition) is 4. The molecule has 33 heavy (non-hydrogen) atoms. The van der Waals surface area contributed by atoms with Gasteiger partial charge >= 0.3 is 6.18 Å². The lowest BCUT2D eigenvalue weighted by atomic mass is 10.1. The fourth-order valence-electron chi connectivity index (χ4n) is 3.33. The van der Waals surface area contributed by atoms with E-state index in [1.165, 1.54) is 47.7 Å². The van der Waals surface area contributed by atoms with E-state index in [1.807, 2.05) is 0 Å². The summed E-state index contributed by atoms with van der Waals surface area (Å²) in [6.45, 7) is 2.99. The molecule has 0 unspecified atom stereocenters. The second-order valence-corrected chi connectivity index (χ2v) is 7.57. The van der Waals surface area contributed by atoms with Crippen molar-refractivity contribution in [3.05, 3.63) is 76.6 Å². The number of benzene rings is 2. The summed E-state index contributed by atoms with van der Waals surface area (Å²) in [5, 5.41) is 6.63. The van der Waals surface area contributed by atoms with Crippen LogP contribution in [0.3, 0.4) is 0 Å². The molecule has 3 aromatic rings. The van der Waals surface area contributed by atoms with Gasteiger partial charge in [0.15, 0.2) is 0 Å². The molecule has 1 N–H and O–H groups in total. The van der Waals surface area contributed by atoms with Gasteiger partial charge in [-0.1, -0.05) is 12.1 Å². The van der Waals surface area contributed by atoms with Crippen LogP contribution in [0.2, 0.25) is 0 Å². The minimum atomic E-state index is -4.53. The number of carbonyl (C=O) groups excluding carboxylic acids is 3. The predicted octanol–water partition coefficient (Wildman–Crippen LogP) is 4.03. The maximum atomic E-state index is 13.1. The number of anilines is 1. The number of Topliss-reactive ketones (excluding diaryl/α,β-unsaturated/α-hetero) is 1. The van der Waals surface area contributed by atoms with E-state index in [0.717, 1.165) is 12.1 Å². The van der Waals surface area contributed by atoms with Crippen LogP contribution >= 0.6 is 0 Å². The van der Waals surface area contributed by atoms with Crippen molar-refractivity contribution < 1.29 is 27.6 Å². The molecular weight excluding hydrogens is 437 g/mol. The molecule has 172 valence electrons. The maximum Gasteiger partial charge on any atom is 0.416 e. The molecule has 0 atom stereocenters. The molecule has 2 amide bonds. The third-order valence-electron chi connectivity index (χ3n) is 4.92. The molecule has 0 aliphatic rings. The number of amides is 2. The number of aryl methyl sites for hydroxylation is 1. The van der Waals surface area contributed by atoms with Gasteiger partial charge in [-0.3, -0.25) is 14.4 Å². The molecule has 1 heterocycles. The monoisotopic (exact) mass is 458 g/mol. The molecule has 3 rings (SSSR count). The number of aromatic nitrogens is 2. The Labute approximate surface area is 187 Å². The van der Waals surface area contributed by atoms with E-state index in [2.05, 4.69) is 10.4 Å². The quantitative estimate of drug-likeness (QED) is 0.462. The number of rotatable bonds is 5. The Morgan fingerprint density at radius 3 is 2.30 bits per heavy atom. The first-order valence-electron chi connectivity index (χ1n) is 9.81. The lowest BCUT2D eigenvalue weighted by Crippen LogP contribution is -2.25. The van der Waals surface area contributed by atoms with Crippen LogP contribution in [0.4, 0.5) is 18.9 Å². The highest BCUT2D eigenvalue weighted by atomic mass is 19.4. The van der Waals surface area contributed by atoms with E-state index >= 15 is 0 Å². The second-order valence-electron chi connectivity index (χ2n) is 7.57. The maximum absolute atomic E-state index is 13.1. The molecule has 0 bridgehead atoms. The van der Waals surface area contributed by atoms with Crippen molar-refractivity contribution in [1.82, 2.24) is 14.7 Å². The molecule has 0 saturated carbocycles. The smallest absolute Gasteiger partial charge is 0.345 e. The minimum absolute atomic E-state index is 0.00886. The number of carbonyl (C=O) groups is 3. The Kier molecular flexibility index (Phi) is 6.39. The first kappa shape index (κ1) is 23.7. The third kappa shape index (κ3) is 4.94. The van der Waals surface area contributed by atoms with Crippen molar-refractivity contribution in [1.29, 1.82) is 0 Å². The number of nitrogens with zero attached hydrogens (tertiary/aromatic N) is 3. The average molecular weight is 458 g/mol. The zero-order valence-electron chi connectivity index (χ0n) is 18.3. The molecule has 0 spiro atoms. The second kappa shape index (κ2) is 8.89. The molecule has 0 aliphatic heterocycles. The van der Waals surface area contributed by atoms with Gasteiger partial charge in [0.25, 0.3) is 17.6 Å². The number of hydrogen-bond donors (Lipinski definition) is 1. The lowest BCUT2D eigenvalue weighted by molar-refractivity contribution is -0.137. The Balaban J connectivity index is 1.89. The van der Waals surface area contributed by atoms with Crippen molar-refractivity contribution in [2.45, 2.75) is 20.0 Å². The summed E-state index contributed by atoms with van der Waals surface area (Å²) in [5.74, 6) is -2.13. The van der Waals surface area contributed by atoms with E-state index in [1.54, 1.807) is 26.2 Å². The van der Waals surface area contributed by atoms with E-state index < -0.39 is 23.4 Å². The Hall–Kier alpha value is -3.95. The number of nitrogens with one attached hydrogen (secondary N) is 1. The fraction of sp³-hybridized carbons (Fsp3) is 0.217. The molecule has 7 nitrogen and oxygen atoms in total. The van der Waals surface area contributed by atoms with Crippen molar-refractivity contribution in [2.24, 2.45) is 0 Å². The topological polar surface area (TPSA) is 84.3 Å². The zero-order valence-corrected chi connectivity index (χ0v) is 18.3. The number of alkyl halides is 3. The van der Waals surface area contributed by atoms with E-state index in [-0.39, 0.29) is 34.2 Å². The molecule has 0 fully saturated rings. The third-order valence-corrected chi connectivity index (χ3v) is 4.92. The predicted molar refractivity (Wildman–Crippen MR) is 115 cm³/mol. The van der Waals surface area contributed by atoms with Crippen LogP contribution in [0.15, 0.2) is 48.5 Å². The Morgan fingerprint density at radius 1 is 1.00 bits per heavy atom. The van der Waals surface area contributed by atoms with Crippen LogP contribution < -0.4 is 5.32 Å². The van der Waals surface area contributed by atoms with Gasteiger partial charge in [0.1, 0.15) is 0 Å². The van der Waals surface area contributed by atoms with Crippen LogP contribution in [0.25, 0.3) is 5.69 Å². The lowest BCUT2D eigenvalue weighted by Gasteiger charge is -2.11. The van der Waals surface area contributed by atoms with Gasteiger partial charge in [-0.2, -0.15) is 18.3 Å². The van der Waals surface area contributed by atoms with Gasteiger partial charge in [-0.25, -0.2) is 4.68 Å². The van der Waals surface area contributed by atoms with Crippen molar-refractivity contribution in [3.8, 4) is 5.69 Å². The molecular formula is C23H21F3N4O3. The molecule has 0 radical (unpaired) electrons. The van der Waals surface area contributed by atoms with E-state index in [9.17, 15) is 27.6 Å². The van der Waals surface area contributed by atoms with Crippen LogP contribution in [0.5, 0.6) is 0 Å².